The molecule has 0 spiro atoms. The average Bonchev–Trinajstić information content (AvgIpc) is 2.76. The Labute approximate surface area is 120 Å². The molecule has 1 aromatic heterocycles. The van der Waals surface area contributed by atoms with E-state index in [1.165, 1.54) is 5.32 Å². The summed E-state index contributed by atoms with van der Waals surface area (Å²) in [6.07, 6.45) is -8.47. The maximum absolute atomic E-state index is 12.7. The highest BCUT2D eigenvalue weighted by Gasteiger charge is 2.37. The molecule has 1 aromatic rings. The summed E-state index contributed by atoms with van der Waals surface area (Å²) in [6.45, 7) is -2.66. The van der Waals surface area contributed by atoms with Gasteiger partial charge in [-0.1, -0.05) is 0 Å². The van der Waals surface area contributed by atoms with Crippen molar-refractivity contribution in [2.45, 2.75) is 31.7 Å². The van der Waals surface area contributed by atoms with E-state index >= 15 is 0 Å². The summed E-state index contributed by atoms with van der Waals surface area (Å²) in [5, 5.41) is 13.4. The minimum absolute atomic E-state index is 0.0645. The highest BCUT2D eigenvalue weighted by atomic mass is 19.4. The van der Waals surface area contributed by atoms with Crippen LogP contribution >= 0.6 is 0 Å². The molecule has 0 bridgehead atoms. The van der Waals surface area contributed by atoms with Gasteiger partial charge in [0.2, 0.25) is 5.91 Å². The van der Waals surface area contributed by atoms with E-state index in [0.29, 0.717) is 4.68 Å². The number of alkyl halides is 6. The summed E-state index contributed by atoms with van der Waals surface area (Å²) in [7, 11) is 0. The van der Waals surface area contributed by atoms with Crippen LogP contribution in [0.3, 0.4) is 0 Å². The first-order valence-corrected chi connectivity index (χ1v) is 6.11. The van der Waals surface area contributed by atoms with Gasteiger partial charge in [-0.2, -0.15) is 31.4 Å². The summed E-state index contributed by atoms with van der Waals surface area (Å²) >= 11 is 0. The second kappa shape index (κ2) is 6.99. The van der Waals surface area contributed by atoms with Gasteiger partial charge < -0.3 is 10.4 Å². The van der Waals surface area contributed by atoms with Crippen molar-refractivity contribution in [3.63, 3.8) is 0 Å². The van der Waals surface area contributed by atoms with E-state index in [9.17, 15) is 31.1 Å². The third-order valence-corrected chi connectivity index (χ3v) is 2.50. The van der Waals surface area contributed by atoms with Crippen LogP contribution in [0, 0.1) is 0 Å². The zero-order chi connectivity index (χ0) is 17.0. The molecule has 1 amide bonds. The van der Waals surface area contributed by atoms with E-state index in [4.69, 9.17) is 5.11 Å². The highest BCUT2D eigenvalue weighted by molar-refractivity contribution is 5.75. The molecule has 0 atom stereocenters. The number of hydrogen-bond acceptors (Lipinski definition) is 3. The summed E-state index contributed by atoms with van der Waals surface area (Å²) < 4.78 is 74.6. The van der Waals surface area contributed by atoms with Crippen molar-refractivity contribution < 1.29 is 36.2 Å². The van der Waals surface area contributed by atoms with Crippen molar-refractivity contribution >= 4 is 5.91 Å². The van der Waals surface area contributed by atoms with Crippen molar-refractivity contribution in [1.29, 1.82) is 0 Å². The van der Waals surface area contributed by atoms with Crippen LogP contribution in [0.1, 0.15) is 17.7 Å². The van der Waals surface area contributed by atoms with Crippen LogP contribution in [0.15, 0.2) is 6.20 Å². The highest BCUT2D eigenvalue weighted by Crippen LogP contribution is 2.31. The van der Waals surface area contributed by atoms with Crippen LogP contribution in [0.25, 0.3) is 0 Å². The molecule has 2 N–H and O–H groups in total. The van der Waals surface area contributed by atoms with Crippen LogP contribution in [-0.2, 0) is 23.9 Å². The summed E-state index contributed by atoms with van der Waals surface area (Å²) in [6, 6.07) is 0. The molecule has 22 heavy (non-hydrogen) atoms. The Morgan fingerprint density at radius 1 is 1.27 bits per heavy atom. The molecule has 0 aliphatic rings. The summed E-state index contributed by atoms with van der Waals surface area (Å²) in [5.74, 6) is -1.11. The SMILES string of the molecule is O=C(Cn1cc(CCCO)c(C(F)(F)F)n1)NCC(F)(F)F. The van der Waals surface area contributed by atoms with Gasteiger partial charge in [0.05, 0.1) is 0 Å². The van der Waals surface area contributed by atoms with Crippen molar-refractivity contribution in [3.8, 4) is 0 Å². The number of amides is 1. The lowest BCUT2D eigenvalue weighted by Crippen LogP contribution is -2.35. The molecule has 0 radical (unpaired) electrons. The molecule has 0 aliphatic carbocycles. The summed E-state index contributed by atoms with van der Waals surface area (Å²) in [4.78, 5) is 11.3. The van der Waals surface area contributed by atoms with E-state index in [-0.39, 0.29) is 25.0 Å². The Hall–Kier alpha value is -1.78. The number of aliphatic hydroxyl groups is 1. The maximum Gasteiger partial charge on any atom is 0.435 e. The first-order chi connectivity index (χ1) is 10.0. The Morgan fingerprint density at radius 2 is 1.91 bits per heavy atom. The Morgan fingerprint density at radius 3 is 2.41 bits per heavy atom. The zero-order valence-corrected chi connectivity index (χ0v) is 11.1. The minimum atomic E-state index is -4.75. The lowest BCUT2D eigenvalue weighted by atomic mass is 10.1. The molecular weight excluding hydrogens is 320 g/mol. The standard InChI is InChI=1S/C11H13F6N3O2/c12-10(13,14)6-18-8(22)5-20-4-7(2-1-3-21)9(19-20)11(15,16)17/h4,21H,1-3,5-6H2,(H,18,22). The molecule has 126 valence electrons. The number of hydrogen-bond donors (Lipinski definition) is 2. The number of nitrogens with one attached hydrogen (secondary N) is 1. The normalized spacial score (nSPS) is 12.5. The number of halogens is 6. The topological polar surface area (TPSA) is 67.2 Å². The van der Waals surface area contributed by atoms with Crippen LogP contribution < -0.4 is 5.32 Å². The molecule has 11 heteroatoms. The average molecular weight is 333 g/mol. The number of aryl methyl sites for hydroxylation is 1. The molecule has 1 heterocycles. The summed E-state index contributed by atoms with van der Waals surface area (Å²) in [5.41, 5.74) is -1.45. The number of carbonyl (C=O) groups is 1. The minimum Gasteiger partial charge on any atom is -0.396 e. The number of rotatable bonds is 6. The van der Waals surface area contributed by atoms with Crippen molar-refractivity contribution in [1.82, 2.24) is 15.1 Å². The first kappa shape index (κ1) is 18.3. The van der Waals surface area contributed by atoms with Gasteiger partial charge in [-0.3, -0.25) is 9.48 Å². The van der Waals surface area contributed by atoms with Crippen LogP contribution in [0.4, 0.5) is 26.3 Å². The fourth-order valence-electron chi connectivity index (χ4n) is 1.64. The largest absolute Gasteiger partial charge is 0.435 e. The molecule has 0 saturated heterocycles. The molecule has 1 rings (SSSR count). The lowest BCUT2D eigenvalue weighted by molar-refractivity contribution is -0.142. The molecule has 0 unspecified atom stereocenters. The fraction of sp³-hybridized carbons (Fsp3) is 0.636. The van der Waals surface area contributed by atoms with Crippen molar-refractivity contribution in [2.24, 2.45) is 0 Å². The van der Waals surface area contributed by atoms with E-state index in [1.54, 1.807) is 0 Å². The van der Waals surface area contributed by atoms with Crippen LogP contribution in [0.5, 0.6) is 0 Å². The van der Waals surface area contributed by atoms with Gasteiger partial charge in [-0.15, -0.1) is 0 Å². The Bertz CT molecular complexity index is 509. The second-order valence-electron chi connectivity index (χ2n) is 4.42. The monoisotopic (exact) mass is 333 g/mol. The molecular formula is C11H13F6N3O2. The maximum atomic E-state index is 12.7. The van der Waals surface area contributed by atoms with Gasteiger partial charge in [-0.25, -0.2) is 0 Å². The van der Waals surface area contributed by atoms with Gasteiger partial charge in [0, 0.05) is 18.4 Å². The van der Waals surface area contributed by atoms with E-state index in [2.05, 4.69) is 5.10 Å². The van der Waals surface area contributed by atoms with E-state index in [0.717, 1.165) is 6.20 Å². The quantitative estimate of drug-likeness (QED) is 0.776. The van der Waals surface area contributed by atoms with Gasteiger partial charge in [-0.05, 0) is 12.8 Å². The number of aromatic nitrogens is 2. The van der Waals surface area contributed by atoms with Gasteiger partial charge in [0.15, 0.2) is 5.69 Å². The number of carbonyl (C=O) groups excluding carboxylic acids is 1. The second-order valence-corrected chi connectivity index (χ2v) is 4.42. The molecule has 0 fully saturated rings. The van der Waals surface area contributed by atoms with Crippen LogP contribution in [-0.4, -0.2) is 40.1 Å². The molecule has 0 aliphatic heterocycles. The van der Waals surface area contributed by atoms with E-state index in [1.807, 2.05) is 0 Å². The van der Waals surface area contributed by atoms with Gasteiger partial charge >= 0.3 is 12.4 Å². The van der Waals surface area contributed by atoms with Crippen molar-refractivity contribution in [2.75, 3.05) is 13.2 Å². The fourth-order valence-corrected chi connectivity index (χ4v) is 1.64. The number of aliphatic hydroxyl groups excluding tert-OH is 1. The Kier molecular flexibility index (Phi) is 5.80. The predicted molar refractivity (Wildman–Crippen MR) is 61.7 cm³/mol. The zero-order valence-electron chi connectivity index (χ0n) is 11.1. The van der Waals surface area contributed by atoms with Gasteiger partial charge in [0.1, 0.15) is 13.1 Å². The molecule has 0 saturated carbocycles. The van der Waals surface area contributed by atoms with Gasteiger partial charge in [0.25, 0.3) is 0 Å². The van der Waals surface area contributed by atoms with Crippen molar-refractivity contribution in [3.05, 3.63) is 17.5 Å². The number of nitrogens with zero attached hydrogens (tertiary/aromatic N) is 2. The Balaban J connectivity index is 2.79. The van der Waals surface area contributed by atoms with E-state index < -0.39 is 37.0 Å². The lowest BCUT2D eigenvalue weighted by Gasteiger charge is -2.08. The van der Waals surface area contributed by atoms with Crippen LogP contribution in [0.2, 0.25) is 0 Å². The third kappa shape index (κ3) is 5.92. The predicted octanol–water partition coefficient (Wildman–Crippen LogP) is 1.51. The third-order valence-electron chi connectivity index (χ3n) is 2.50. The molecule has 5 nitrogen and oxygen atoms in total. The smallest absolute Gasteiger partial charge is 0.396 e. The molecule has 0 aromatic carbocycles. The first-order valence-electron chi connectivity index (χ1n) is 6.11.